The third-order valence-electron chi connectivity index (χ3n) is 2.03. The molecule has 0 saturated carbocycles. The van der Waals surface area contributed by atoms with Crippen molar-refractivity contribution in [1.29, 1.82) is 0 Å². The third-order valence-corrected chi connectivity index (χ3v) is 2.23. The van der Waals surface area contributed by atoms with Crippen LogP contribution >= 0.6 is 11.6 Å². The van der Waals surface area contributed by atoms with Crippen LogP contribution in [0.15, 0.2) is 36.5 Å². The minimum Gasteiger partial charge on any atom is -0.399 e. The molecule has 2 nitrogen and oxygen atoms in total. The van der Waals surface area contributed by atoms with E-state index in [2.05, 4.69) is 4.98 Å². The van der Waals surface area contributed by atoms with Crippen molar-refractivity contribution in [3.8, 4) is 11.1 Å². The molecule has 1 aromatic heterocycles. The number of rotatable bonds is 1. The Kier molecular flexibility index (Phi) is 2.56. The minimum atomic E-state index is -0.327. The molecule has 2 aromatic rings. The van der Waals surface area contributed by atoms with Crippen LogP contribution in [0.25, 0.3) is 11.1 Å². The predicted molar refractivity (Wildman–Crippen MR) is 59.1 cm³/mol. The van der Waals surface area contributed by atoms with Crippen molar-refractivity contribution in [2.45, 2.75) is 0 Å². The maximum absolute atomic E-state index is 13.5. The molecule has 2 N–H and O–H groups in total. The molecule has 0 atom stereocenters. The van der Waals surface area contributed by atoms with E-state index >= 15 is 0 Å². The Labute approximate surface area is 91.5 Å². The molecule has 0 spiro atoms. The fraction of sp³-hybridized carbons (Fsp3) is 0. The summed E-state index contributed by atoms with van der Waals surface area (Å²) in [4.78, 5) is 3.83. The maximum atomic E-state index is 13.5. The van der Waals surface area contributed by atoms with Gasteiger partial charge in [-0.2, -0.15) is 0 Å². The highest BCUT2D eigenvalue weighted by Crippen LogP contribution is 2.25. The Hall–Kier alpha value is -1.61. The van der Waals surface area contributed by atoms with Crippen LogP contribution in [0.1, 0.15) is 0 Å². The topological polar surface area (TPSA) is 38.9 Å². The lowest BCUT2D eigenvalue weighted by molar-refractivity contribution is 0.631. The third kappa shape index (κ3) is 2.07. The normalized spacial score (nSPS) is 10.3. The van der Waals surface area contributed by atoms with E-state index in [1.807, 2.05) is 0 Å². The van der Waals surface area contributed by atoms with Crippen molar-refractivity contribution in [3.63, 3.8) is 0 Å². The molecule has 1 heterocycles. The second-order valence-electron chi connectivity index (χ2n) is 3.11. The molecule has 0 fully saturated rings. The fourth-order valence-electron chi connectivity index (χ4n) is 1.33. The van der Waals surface area contributed by atoms with Gasteiger partial charge in [0.15, 0.2) is 0 Å². The monoisotopic (exact) mass is 222 g/mol. The van der Waals surface area contributed by atoms with Gasteiger partial charge >= 0.3 is 0 Å². The molecule has 0 aliphatic carbocycles. The van der Waals surface area contributed by atoms with Gasteiger partial charge in [0.2, 0.25) is 0 Å². The van der Waals surface area contributed by atoms with E-state index in [9.17, 15) is 4.39 Å². The lowest BCUT2D eigenvalue weighted by Crippen LogP contribution is -1.89. The van der Waals surface area contributed by atoms with Gasteiger partial charge in [-0.3, -0.25) is 0 Å². The summed E-state index contributed by atoms with van der Waals surface area (Å²) in [6.45, 7) is 0. The highest BCUT2D eigenvalue weighted by Gasteiger charge is 2.05. The number of halogens is 2. The quantitative estimate of drug-likeness (QED) is 0.595. The maximum Gasteiger partial charge on any atom is 0.131 e. The molecule has 0 aliphatic heterocycles. The van der Waals surface area contributed by atoms with Crippen molar-refractivity contribution in [2.24, 2.45) is 0 Å². The van der Waals surface area contributed by atoms with Gasteiger partial charge in [0, 0.05) is 17.4 Å². The van der Waals surface area contributed by atoms with Crippen molar-refractivity contribution < 1.29 is 4.39 Å². The van der Waals surface area contributed by atoms with Crippen LogP contribution in [0.4, 0.5) is 10.1 Å². The molecule has 76 valence electrons. The van der Waals surface area contributed by atoms with Crippen LogP contribution in [0.3, 0.4) is 0 Å². The average Bonchev–Trinajstić information content (AvgIpc) is 2.22. The summed E-state index contributed by atoms with van der Waals surface area (Å²) < 4.78 is 13.5. The number of aromatic nitrogens is 1. The summed E-state index contributed by atoms with van der Waals surface area (Å²) in [5.41, 5.74) is 7.20. The number of nitrogens with zero attached hydrogens (tertiary/aromatic N) is 1. The number of nitrogens with two attached hydrogens (primary N) is 1. The van der Waals surface area contributed by atoms with Crippen LogP contribution in [0, 0.1) is 5.82 Å². The zero-order valence-corrected chi connectivity index (χ0v) is 8.50. The van der Waals surface area contributed by atoms with Gasteiger partial charge in [-0.25, -0.2) is 9.37 Å². The number of nitrogen functional groups attached to an aromatic ring is 1. The summed E-state index contributed by atoms with van der Waals surface area (Å²) in [6, 6.07) is 7.70. The Bertz CT molecular complexity index is 500. The molecule has 0 aliphatic rings. The fourth-order valence-corrected chi connectivity index (χ4v) is 1.51. The molecule has 0 unspecified atom stereocenters. The molecule has 0 bridgehead atoms. The van der Waals surface area contributed by atoms with Gasteiger partial charge in [-0.05, 0) is 35.9 Å². The second kappa shape index (κ2) is 3.87. The Balaban J connectivity index is 2.58. The van der Waals surface area contributed by atoms with E-state index in [0.29, 0.717) is 22.0 Å². The molecule has 0 saturated heterocycles. The molecule has 1 aromatic carbocycles. The van der Waals surface area contributed by atoms with E-state index in [-0.39, 0.29) is 5.82 Å². The number of benzene rings is 1. The summed E-state index contributed by atoms with van der Waals surface area (Å²) in [6.07, 6.45) is 1.53. The van der Waals surface area contributed by atoms with E-state index in [1.165, 1.54) is 18.3 Å². The highest BCUT2D eigenvalue weighted by molar-refractivity contribution is 6.29. The second-order valence-corrected chi connectivity index (χ2v) is 3.49. The van der Waals surface area contributed by atoms with Gasteiger partial charge in [0.1, 0.15) is 11.0 Å². The minimum absolute atomic E-state index is 0.327. The first kappa shape index (κ1) is 9.93. The van der Waals surface area contributed by atoms with Crippen molar-refractivity contribution in [1.82, 2.24) is 4.98 Å². The summed E-state index contributed by atoms with van der Waals surface area (Å²) in [5, 5.41) is 0.328. The van der Waals surface area contributed by atoms with Gasteiger partial charge in [0.25, 0.3) is 0 Å². The van der Waals surface area contributed by atoms with Crippen LogP contribution < -0.4 is 5.73 Å². The zero-order valence-electron chi connectivity index (χ0n) is 7.74. The zero-order chi connectivity index (χ0) is 10.8. The first-order valence-corrected chi connectivity index (χ1v) is 4.71. The van der Waals surface area contributed by atoms with Gasteiger partial charge < -0.3 is 5.73 Å². The standard InChI is InChI=1S/C11H8ClFN2/c12-11-5-7(3-4-15-11)9-6-8(14)1-2-10(9)13/h1-6H,14H2. The first-order chi connectivity index (χ1) is 7.16. The summed E-state index contributed by atoms with van der Waals surface area (Å²) >= 11 is 5.72. The van der Waals surface area contributed by atoms with Gasteiger partial charge in [0.05, 0.1) is 0 Å². The Morgan fingerprint density at radius 1 is 1.20 bits per heavy atom. The van der Waals surface area contributed by atoms with E-state index in [1.54, 1.807) is 18.2 Å². The van der Waals surface area contributed by atoms with Crippen LogP contribution in [0.5, 0.6) is 0 Å². The molecule has 0 radical (unpaired) electrons. The average molecular weight is 223 g/mol. The molecular weight excluding hydrogens is 215 g/mol. The molecule has 0 amide bonds. The number of pyridine rings is 1. The summed E-state index contributed by atoms with van der Waals surface area (Å²) in [7, 11) is 0. The van der Waals surface area contributed by atoms with Crippen molar-refractivity contribution >= 4 is 17.3 Å². The van der Waals surface area contributed by atoms with Crippen LogP contribution in [0.2, 0.25) is 5.15 Å². The molecule has 15 heavy (non-hydrogen) atoms. The number of hydrogen-bond acceptors (Lipinski definition) is 2. The lowest BCUT2D eigenvalue weighted by Gasteiger charge is -2.04. The van der Waals surface area contributed by atoms with Crippen molar-refractivity contribution in [3.05, 3.63) is 47.5 Å². The number of hydrogen-bond donors (Lipinski definition) is 1. The van der Waals surface area contributed by atoms with Gasteiger partial charge in [-0.15, -0.1) is 0 Å². The molecule has 2 rings (SSSR count). The Morgan fingerprint density at radius 3 is 2.73 bits per heavy atom. The van der Waals surface area contributed by atoms with E-state index in [0.717, 1.165) is 0 Å². The lowest BCUT2D eigenvalue weighted by atomic mass is 10.1. The van der Waals surface area contributed by atoms with Gasteiger partial charge in [-0.1, -0.05) is 11.6 Å². The Morgan fingerprint density at radius 2 is 2.00 bits per heavy atom. The SMILES string of the molecule is Nc1ccc(F)c(-c2ccnc(Cl)c2)c1. The molecule has 4 heteroatoms. The largest absolute Gasteiger partial charge is 0.399 e. The number of anilines is 1. The van der Waals surface area contributed by atoms with Crippen LogP contribution in [-0.2, 0) is 0 Å². The predicted octanol–water partition coefficient (Wildman–Crippen LogP) is 3.12. The van der Waals surface area contributed by atoms with Crippen molar-refractivity contribution in [2.75, 3.05) is 5.73 Å². The van der Waals surface area contributed by atoms with Crippen LogP contribution in [-0.4, -0.2) is 4.98 Å². The summed E-state index contributed by atoms with van der Waals surface area (Å²) in [5.74, 6) is -0.327. The highest BCUT2D eigenvalue weighted by atomic mass is 35.5. The first-order valence-electron chi connectivity index (χ1n) is 4.34. The smallest absolute Gasteiger partial charge is 0.131 e. The van der Waals surface area contributed by atoms with E-state index < -0.39 is 0 Å². The molecular formula is C11H8ClFN2. The van der Waals surface area contributed by atoms with E-state index in [4.69, 9.17) is 17.3 Å².